The number of piperidine rings is 1. The molecule has 152 valence electrons. The molecule has 0 atom stereocenters. The van der Waals surface area contributed by atoms with Crippen molar-refractivity contribution >= 4 is 11.8 Å². The summed E-state index contributed by atoms with van der Waals surface area (Å²) < 4.78 is 27.6. The molecule has 2 aliphatic heterocycles. The summed E-state index contributed by atoms with van der Waals surface area (Å²) in [6.07, 6.45) is 5.34. The van der Waals surface area contributed by atoms with E-state index in [1.54, 1.807) is 11.2 Å². The summed E-state index contributed by atoms with van der Waals surface area (Å²) in [6, 6.07) is 3.64. The van der Waals surface area contributed by atoms with Crippen molar-refractivity contribution in [3.05, 3.63) is 53.1 Å². The molecule has 1 spiro atoms. The summed E-state index contributed by atoms with van der Waals surface area (Å²) in [7, 11) is 0. The van der Waals surface area contributed by atoms with E-state index in [1.165, 1.54) is 12.1 Å². The van der Waals surface area contributed by atoms with Crippen LogP contribution in [-0.2, 0) is 16.8 Å². The second kappa shape index (κ2) is 6.64. The number of hydrogen-bond acceptors (Lipinski definition) is 3. The zero-order chi connectivity index (χ0) is 20.2. The molecule has 29 heavy (non-hydrogen) atoms. The predicted molar refractivity (Wildman–Crippen MR) is 99.9 cm³/mol. The third kappa shape index (κ3) is 2.84. The Morgan fingerprint density at radius 2 is 1.90 bits per heavy atom. The first-order valence-corrected chi connectivity index (χ1v) is 10.1. The molecule has 5 rings (SSSR count). The molecule has 3 aliphatic rings. The van der Waals surface area contributed by atoms with Crippen LogP contribution in [0.1, 0.15) is 47.4 Å². The number of rotatable bonds is 2. The third-order valence-electron chi connectivity index (χ3n) is 6.51. The summed E-state index contributed by atoms with van der Waals surface area (Å²) in [6.45, 7) is 1.35. The van der Waals surface area contributed by atoms with E-state index >= 15 is 0 Å². The van der Waals surface area contributed by atoms with Crippen LogP contribution >= 0.6 is 0 Å². The number of fused-ring (bicyclic) bond motifs is 2. The van der Waals surface area contributed by atoms with Crippen LogP contribution in [-0.4, -0.2) is 51.2 Å². The summed E-state index contributed by atoms with van der Waals surface area (Å²) in [5, 5.41) is 0. The van der Waals surface area contributed by atoms with Crippen LogP contribution in [0.15, 0.2) is 24.5 Å². The normalized spacial score (nSPS) is 20.6. The van der Waals surface area contributed by atoms with E-state index in [0.29, 0.717) is 32.5 Å². The summed E-state index contributed by atoms with van der Waals surface area (Å²) in [5.74, 6) is -2.38. The quantitative estimate of drug-likeness (QED) is 0.843. The predicted octanol–water partition coefficient (Wildman–Crippen LogP) is 2.61. The number of nitrogens with zero attached hydrogens (tertiary/aromatic N) is 3. The fourth-order valence-electron chi connectivity index (χ4n) is 4.78. The number of hydrogen-bond donors (Lipinski definition) is 1. The van der Waals surface area contributed by atoms with Crippen LogP contribution in [0.25, 0.3) is 0 Å². The molecule has 1 N–H and O–H groups in total. The molecule has 2 amide bonds. The van der Waals surface area contributed by atoms with E-state index in [1.807, 2.05) is 4.90 Å². The second-order valence-electron chi connectivity index (χ2n) is 8.17. The lowest BCUT2D eigenvalue weighted by molar-refractivity contribution is -0.143. The minimum absolute atomic E-state index is 0.105. The highest BCUT2D eigenvalue weighted by molar-refractivity contribution is 5.94. The molecule has 0 unspecified atom stereocenters. The highest BCUT2D eigenvalue weighted by Gasteiger charge is 2.51. The summed E-state index contributed by atoms with van der Waals surface area (Å²) in [4.78, 5) is 37.0. The van der Waals surface area contributed by atoms with E-state index in [0.717, 1.165) is 36.7 Å². The Kier molecular flexibility index (Phi) is 4.18. The van der Waals surface area contributed by atoms with Crippen molar-refractivity contribution in [3.8, 4) is 0 Å². The van der Waals surface area contributed by atoms with E-state index in [4.69, 9.17) is 0 Å². The number of amides is 2. The van der Waals surface area contributed by atoms with Crippen molar-refractivity contribution in [1.29, 1.82) is 0 Å². The number of carbonyl (C=O) groups excluding carboxylic acids is 2. The number of benzene rings is 1. The first-order valence-electron chi connectivity index (χ1n) is 10.1. The molecule has 2 aromatic rings. The first kappa shape index (κ1) is 18.3. The number of carbonyl (C=O) groups is 2. The maximum Gasteiger partial charge on any atom is 0.256 e. The molecule has 1 saturated heterocycles. The Morgan fingerprint density at radius 3 is 2.62 bits per heavy atom. The van der Waals surface area contributed by atoms with Gasteiger partial charge in [-0.3, -0.25) is 9.59 Å². The Labute approximate surface area is 166 Å². The van der Waals surface area contributed by atoms with Crippen LogP contribution < -0.4 is 0 Å². The molecule has 1 aromatic heterocycles. The molecular formula is C21H22F2N4O2. The van der Waals surface area contributed by atoms with E-state index < -0.39 is 23.1 Å². The maximum absolute atomic E-state index is 14.1. The minimum atomic E-state index is -1.12. The van der Waals surface area contributed by atoms with Gasteiger partial charge in [0.25, 0.3) is 5.91 Å². The van der Waals surface area contributed by atoms with Gasteiger partial charge in [0.2, 0.25) is 5.91 Å². The van der Waals surface area contributed by atoms with Crippen molar-refractivity contribution in [2.45, 2.75) is 37.6 Å². The largest absolute Gasteiger partial charge is 0.348 e. The molecule has 8 heteroatoms. The van der Waals surface area contributed by atoms with Crippen molar-refractivity contribution in [2.24, 2.45) is 5.92 Å². The molecule has 0 bridgehead atoms. The van der Waals surface area contributed by atoms with Crippen LogP contribution in [0.2, 0.25) is 0 Å². The minimum Gasteiger partial charge on any atom is -0.348 e. The van der Waals surface area contributed by atoms with E-state index in [-0.39, 0.29) is 17.4 Å². The van der Waals surface area contributed by atoms with Crippen molar-refractivity contribution < 1.29 is 18.4 Å². The zero-order valence-electron chi connectivity index (χ0n) is 16.0. The Bertz CT molecular complexity index is 977. The molecular weight excluding hydrogens is 378 g/mol. The lowest BCUT2D eigenvalue weighted by atomic mass is 9.78. The molecule has 1 saturated carbocycles. The van der Waals surface area contributed by atoms with Crippen molar-refractivity contribution in [2.75, 3.05) is 19.6 Å². The standard InChI is InChI=1S/C21H22F2N4O2/c22-15-3-1-2-14(17(15)23)20(29)26-10-7-21(8-11-26)18-16(24-12-25-18)6-9-27(21)19(28)13-4-5-13/h1-3,12-13H,4-11H2,(H,24,25). The Hall–Kier alpha value is -2.77. The number of imidazole rings is 1. The number of aromatic nitrogens is 2. The van der Waals surface area contributed by atoms with Gasteiger partial charge in [-0.2, -0.15) is 0 Å². The van der Waals surface area contributed by atoms with Gasteiger partial charge in [-0.15, -0.1) is 0 Å². The number of halogens is 2. The monoisotopic (exact) mass is 400 g/mol. The van der Waals surface area contributed by atoms with Crippen LogP contribution in [0, 0.1) is 17.6 Å². The fraction of sp³-hybridized carbons (Fsp3) is 0.476. The zero-order valence-corrected chi connectivity index (χ0v) is 16.0. The number of aromatic amines is 1. The van der Waals surface area contributed by atoms with Gasteiger partial charge in [0.05, 0.1) is 23.1 Å². The van der Waals surface area contributed by atoms with Gasteiger partial charge in [0, 0.05) is 37.7 Å². The van der Waals surface area contributed by atoms with Gasteiger partial charge in [0.15, 0.2) is 11.6 Å². The average Bonchev–Trinajstić information content (AvgIpc) is 3.47. The topological polar surface area (TPSA) is 69.3 Å². The van der Waals surface area contributed by atoms with Gasteiger partial charge >= 0.3 is 0 Å². The van der Waals surface area contributed by atoms with Crippen LogP contribution in [0.5, 0.6) is 0 Å². The van der Waals surface area contributed by atoms with E-state index in [2.05, 4.69) is 9.97 Å². The highest BCUT2D eigenvalue weighted by atomic mass is 19.2. The molecule has 1 aliphatic carbocycles. The number of likely N-dealkylation sites (tertiary alicyclic amines) is 1. The Balaban J connectivity index is 1.42. The maximum atomic E-state index is 14.1. The highest BCUT2D eigenvalue weighted by Crippen LogP contribution is 2.45. The lowest BCUT2D eigenvalue weighted by Gasteiger charge is -2.50. The van der Waals surface area contributed by atoms with Crippen LogP contribution in [0.4, 0.5) is 8.78 Å². The average molecular weight is 400 g/mol. The van der Waals surface area contributed by atoms with Gasteiger partial charge in [-0.1, -0.05) is 6.07 Å². The van der Waals surface area contributed by atoms with Gasteiger partial charge in [-0.05, 0) is 37.8 Å². The van der Waals surface area contributed by atoms with Crippen LogP contribution in [0.3, 0.4) is 0 Å². The summed E-state index contributed by atoms with van der Waals surface area (Å²) >= 11 is 0. The third-order valence-corrected chi connectivity index (χ3v) is 6.51. The second-order valence-corrected chi connectivity index (χ2v) is 8.17. The van der Waals surface area contributed by atoms with Crippen molar-refractivity contribution in [3.63, 3.8) is 0 Å². The number of nitrogens with one attached hydrogen (secondary N) is 1. The molecule has 0 radical (unpaired) electrons. The fourth-order valence-corrected chi connectivity index (χ4v) is 4.78. The molecule has 1 aromatic carbocycles. The molecule has 2 fully saturated rings. The van der Waals surface area contributed by atoms with E-state index in [9.17, 15) is 18.4 Å². The molecule has 6 nitrogen and oxygen atoms in total. The molecule has 3 heterocycles. The van der Waals surface area contributed by atoms with Gasteiger partial charge in [-0.25, -0.2) is 13.8 Å². The number of H-pyrrole nitrogens is 1. The van der Waals surface area contributed by atoms with Gasteiger partial charge < -0.3 is 14.8 Å². The first-order chi connectivity index (χ1) is 14.0. The van der Waals surface area contributed by atoms with Gasteiger partial charge in [0.1, 0.15) is 0 Å². The lowest BCUT2D eigenvalue weighted by Crippen LogP contribution is -2.59. The van der Waals surface area contributed by atoms with Crippen molar-refractivity contribution in [1.82, 2.24) is 19.8 Å². The SMILES string of the molecule is O=C(c1cccc(F)c1F)N1CCC2(CC1)c1nc[nH]c1CCN2C(=O)C1CC1. The summed E-state index contributed by atoms with van der Waals surface area (Å²) in [5.41, 5.74) is 1.14. The Morgan fingerprint density at radius 1 is 1.14 bits per heavy atom. The smallest absolute Gasteiger partial charge is 0.256 e.